The highest BCUT2D eigenvalue weighted by atomic mass is 32.2. The topological polar surface area (TPSA) is 12.0 Å². The molecule has 2 rings (SSSR count). The molecule has 1 N–H and O–H groups in total. The van der Waals surface area contributed by atoms with Crippen LogP contribution in [0.3, 0.4) is 0 Å². The third-order valence-electron chi connectivity index (χ3n) is 3.09. The highest BCUT2D eigenvalue weighted by Crippen LogP contribution is 2.32. The van der Waals surface area contributed by atoms with Crippen molar-refractivity contribution in [2.75, 3.05) is 6.54 Å². The van der Waals surface area contributed by atoms with E-state index in [4.69, 9.17) is 0 Å². The summed E-state index contributed by atoms with van der Waals surface area (Å²) < 4.78 is 0. The molecule has 1 nitrogen and oxygen atoms in total. The zero-order valence-corrected chi connectivity index (χ0v) is 12.7. The summed E-state index contributed by atoms with van der Waals surface area (Å²) in [5, 5.41) is 3.42. The van der Waals surface area contributed by atoms with Crippen molar-refractivity contribution < 1.29 is 0 Å². The minimum absolute atomic E-state index is 0.937. The SMILES string of the molecule is CCNCc1cc(C)ccc1Sc1ccccc1C. The highest BCUT2D eigenvalue weighted by molar-refractivity contribution is 7.99. The van der Waals surface area contributed by atoms with Gasteiger partial charge in [0.05, 0.1) is 0 Å². The minimum Gasteiger partial charge on any atom is -0.313 e. The third-order valence-corrected chi connectivity index (χ3v) is 4.39. The quantitative estimate of drug-likeness (QED) is 0.855. The second-order valence-corrected chi connectivity index (χ2v) is 5.84. The Balaban J connectivity index is 2.26. The largest absolute Gasteiger partial charge is 0.313 e. The molecule has 0 bridgehead atoms. The van der Waals surface area contributed by atoms with E-state index in [9.17, 15) is 0 Å². The van der Waals surface area contributed by atoms with E-state index in [1.165, 1.54) is 26.5 Å². The van der Waals surface area contributed by atoms with E-state index in [-0.39, 0.29) is 0 Å². The molecular weight excluding hydrogens is 250 g/mol. The highest BCUT2D eigenvalue weighted by Gasteiger charge is 2.06. The van der Waals surface area contributed by atoms with Crippen LogP contribution in [0.1, 0.15) is 23.6 Å². The van der Waals surface area contributed by atoms with Gasteiger partial charge in [0.15, 0.2) is 0 Å². The molecule has 0 aliphatic carbocycles. The molecule has 0 fully saturated rings. The fraction of sp³-hybridized carbons (Fsp3) is 0.294. The Kier molecular flexibility index (Phi) is 5.06. The minimum atomic E-state index is 0.937. The number of hydrogen-bond donors (Lipinski definition) is 1. The second kappa shape index (κ2) is 6.78. The first-order valence-electron chi connectivity index (χ1n) is 6.74. The van der Waals surface area contributed by atoms with Gasteiger partial charge in [-0.25, -0.2) is 0 Å². The van der Waals surface area contributed by atoms with Gasteiger partial charge in [0.25, 0.3) is 0 Å². The van der Waals surface area contributed by atoms with E-state index in [2.05, 4.69) is 68.6 Å². The van der Waals surface area contributed by atoms with Crippen LogP contribution in [0.15, 0.2) is 52.3 Å². The third kappa shape index (κ3) is 3.85. The second-order valence-electron chi connectivity index (χ2n) is 4.76. The van der Waals surface area contributed by atoms with Crippen LogP contribution in [-0.4, -0.2) is 6.54 Å². The lowest BCUT2D eigenvalue weighted by molar-refractivity contribution is 0.717. The normalized spacial score (nSPS) is 10.7. The summed E-state index contributed by atoms with van der Waals surface area (Å²) in [6.07, 6.45) is 0. The molecule has 2 aromatic carbocycles. The van der Waals surface area contributed by atoms with E-state index in [1.807, 2.05) is 11.8 Å². The summed E-state index contributed by atoms with van der Waals surface area (Å²) in [6, 6.07) is 15.3. The number of aryl methyl sites for hydroxylation is 2. The van der Waals surface area contributed by atoms with Gasteiger partial charge in [-0.3, -0.25) is 0 Å². The van der Waals surface area contributed by atoms with Gasteiger partial charge in [-0.05, 0) is 43.7 Å². The van der Waals surface area contributed by atoms with Crippen LogP contribution in [0.4, 0.5) is 0 Å². The number of hydrogen-bond acceptors (Lipinski definition) is 2. The summed E-state index contributed by atoms with van der Waals surface area (Å²) in [5.74, 6) is 0. The van der Waals surface area contributed by atoms with Crippen molar-refractivity contribution in [1.29, 1.82) is 0 Å². The van der Waals surface area contributed by atoms with Crippen LogP contribution in [0, 0.1) is 13.8 Å². The van der Waals surface area contributed by atoms with Crippen LogP contribution in [0.2, 0.25) is 0 Å². The molecule has 0 spiro atoms. The lowest BCUT2D eigenvalue weighted by Gasteiger charge is -2.12. The smallest absolute Gasteiger partial charge is 0.0216 e. The zero-order chi connectivity index (χ0) is 13.7. The van der Waals surface area contributed by atoms with Gasteiger partial charge in [0, 0.05) is 16.3 Å². The molecule has 0 amide bonds. The lowest BCUT2D eigenvalue weighted by atomic mass is 10.1. The maximum Gasteiger partial charge on any atom is 0.0216 e. The van der Waals surface area contributed by atoms with Crippen molar-refractivity contribution >= 4 is 11.8 Å². The van der Waals surface area contributed by atoms with Crippen molar-refractivity contribution in [1.82, 2.24) is 5.32 Å². The summed E-state index contributed by atoms with van der Waals surface area (Å²) in [4.78, 5) is 2.69. The Morgan fingerprint density at radius 3 is 2.53 bits per heavy atom. The fourth-order valence-corrected chi connectivity index (χ4v) is 3.01. The molecular formula is C17H21NS. The van der Waals surface area contributed by atoms with Crippen LogP contribution in [0.5, 0.6) is 0 Å². The molecule has 0 aliphatic rings. The van der Waals surface area contributed by atoms with Gasteiger partial charge in [0.1, 0.15) is 0 Å². The first-order chi connectivity index (χ1) is 9.20. The molecule has 0 unspecified atom stereocenters. The van der Waals surface area contributed by atoms with Crippen molar-refractivity contribution in [3.8, 4) is 0 Å². The first-order valence-corrected chi connectivity index (χ1v) is 7.56. The fourth-order valence-electron chi connectivity index (χ4n) is 2.00. The molecule has 100 valence electrons. The molecule has 0 aromatic heterocycles. The van der Waals surface area contributed by atoms with E-state index < -0.39 is 0 Å². The Morgan fingerprint density at radius 1 is 1.00 bits per heavy atom. The predicted molar refractivity (Wildman–Crippen MR) is 83.9 cm³/mol. The van der Waals surface area contributed by atoms with E-state index in [0.29, 0.717) is 0 Å². The van der Waals surface area contributed by atoms with Gasteiger partial charge < -0.3 is 5.32 Å². The maximum absolute atomic E-state index is 3.42. The molecule has 0 heterocycles. The maximum atomic E-state index is 3.42. The Hall–Kier alpha value is -1.25. The van der Waals surface area contributed by atoms with Gasteiger partial charge in [0.2, 0.25) is 0 Å². The summed E-state index contributed by atoms with van der Waals surface area (Å²) in [6.45, 7) is 8.40. The number of rotatable bonds is 5. The average Bonchev–Trinajstić information content (AvgIpc) is 2.41. The monoisotopic (exact) mass is 271 g/mol. The van der Waals surface area contributed by atoms with Crippen molar-refractivity contribution in [2.24, 2.45) is 0 Å². The first kappa shape index (κ1) is 14.2. The van der Waals surface area contributed by atoms with Crippen molar-refractivity contribution in [2.45, 2.75) is 37.1 Å². The predicted octanol–water partition coefficient (Wildman–Crippen LogP) is 4.56. The number of benzene rings is 2. The van der Waals surface area contributed by atoms with E-state index >= 15 is 0 Å². The molecule has 0 atom stereocenters. The lowest BCUT2D eigenvalue weighted by Crippen LogP contribution is -2.12. The Morgan fingerprint density at radius 2 is 1.79 bits per heavy atom. The van der Waals surface area contributed by atoms with Crippen LogP contribution < -0.4 is 5.32 Å². The summed E-state index contributed by atoms with van der Waals surface area (Å²) in [5.41, 5.74) is 4.04. The Bertz CT molecular complexity index is 549. The van der Waals surface area contributed by atoms with Gasteiger partial charge in [-0.2, -0.15) is 0 Å². The zero-order valence-electron chi connectivity index (χ0n) is 11.9. The van der Waals surface area contributed by atoms with Gasteiger partial charge >= 0.3 is 0 Å². The molecule has 0 radical (unpaired) electrons. The van der Waals surface area contributed by atoms with Crippen molar-refractivity contribution in [3.63, 3.8) is 0 Å². The van der Waals surface area contributed by atoms with Crippen LogP contribution in [0.25, 0.3) is 0 Å². The van der Waals surface area contributed by atoms with E-state index in [1.54, 1.807) is 0 Å². The van der Waals surface area contributed by atoms with Crippen LogP contribution >= 0.6 is 11.8 Å². The summed E-state index contributed by atoms with van der Waals surface area (Å²) in [7, 11) is 0. The van der Waals surface area contributed by atoms with E-state index in [0.717, 1.165) is 13.1 Å². The summed E-state index contributed by atoms with van der Waals surface area (Å²) >= 11 is 1.86. The van der Waals surface area contributed by atoms with Gasteiger partial charge in [-0.1, -0.05) is 54.6 Å². The van der Waals surface area contributed by atoms with Gasteiger partial charge in [-0.15, -0.1) is 0 Å². The molecule has 2 heteroatoms. The molecule has 0 aliphatic heterocycles. The molecule has 2 aromatic rings. The molecule has 19 heavy (non-hydrogen) atoms. The molecule has 0 saturated heterocycles. The Labute approximate surface area is 120 Å². The number of nitrogens with one attached hydrogen (secondary N) is 1. The van der Waals surface area contributed by atoms with Crippen LogP contribution in [-0.2, 0) is 6.54 Å². The van der Waals surface area contributed by atoms with Crippen molar-refractivity contribution in [3.05, 3.63) is 59.2 Å². The standard InChI is InChI=1S/C17H21NS/c1-4-18-12-15-11-13(2)9-10-17(15)19-16-8-6-5-7-14(16)3/h5-11,18H,4,12H2,1-3H3. The average molecular weight is 271 g/mol. The molecule has 0 saturated carbocycles.